The summed E-state index contributed by atoms with van der Waals surface area (Å²) in [5.41, 5.74) is 1.01. The first kappa shape index (κ1) is 23.9. The average Bonchev–Trinajstić information content (AvgIpc) is 3.47. The number of nitrogens with one attached hydrogen (secondary N) is 2. The van der Waals surface area contributed by atoms with Gasteiger partial charge in [-0.05, 0) is 56.3 Å². The fraction of sp³-hybridized carbons (Fsp3) is 0.667. The summed E-state index contributed by atoms with van der Waals surface area (Å²) in [7, 11) is 4.86. The van der Waals surface area contributed by atoms with Crippen molar-refractivity contribution < 1.29 is 14.2 Å². The fourth-order valence-electron chi connectivity index (χ4n) is 3.78. The van der Waals surface area contributed by atoms with Crippen molar-refractivity contribution in [1.82, 2.24) is 15.5 Å². The molecule has 1 saturated carbocycles. The molecule has 164 valence electrons. The number of aliphatic imine (C=N–C) groups is 1. The van der Waals surface area contributed by atoms with E-state index in [1.54, 1.807) is 21.3 Å². The molecule has 2 N–H and O–H groups in total. The molecule has 0 radical (unpaired) electrons. The van der Waals surface area contributed by atoms with Gasteiger partial charge in [-0.25, -0.2) is 4.99 Å². The predicted molar refractivity (Wildman–Crippen MR) is 127 cm³/mol. The van der Waals surface area contributed by atoms with Crippen LogP contribution >= 0.6 is 24.0 Å². The lowest BCUT2D eigenvalue weighted by atomic mass is 10.1. The number of methoxy groups -OCH3 is 3. The van der Waals surface area contributed by atoms with Gasteiger partial charge in [0.05, 0.1) is 27.9 Å². The van der Waals surface area contributed by atoms with Crippen molar-refractivity contribution in [3.63, 3.8) is 0 Å². The number of guanidine groups is 1. The molecule has 0 spiro atoms. The molecule has 1 aromatic carbocycles. The number of nitrogens with zero attached hydrogens (tertiary/aromatic N) is 2. The van der Waals surface area contributed by atoms with E-state index in [9.17, 15) is 0 Å². The van der Waals surface area contributed by atoms with E-state index in [-0.39, 0.29) is 24.0 Å². The molecule has 1 atom stereocenters. The lowest BCUT2D eigenvalue weighted by molar-refractivity contribution is 0.314. The first-order chi connectivity index (χ1) is 13.7. The number of rotatable bonds is 9. The molecule has 0 bridgehead atoms. The number of benzene rings is 1. The van der Waals surface area contributed by atoms with Crippen LogP contribution in [-0.4, -0.2) is 64.4 Å². The Bertz CT molecular complexity index is 657. The second-order valence-electron chi connectivity index (χ2n) is 7.49. The van der Waals surface area contributed by atoms with Gasteiger partial charge in [0, 0.05) is 25.7 Å². The molecule has 1 aromatic rings. The van der Waals surface area contributed by atoms with Crippen LogP contribution in [0.2, 0.25) is 0 Å². The minimum Gasteiger partial charge on any atom is -0.493 e. The summed E-state index contributed by atoms with van der Waals surface area (Å²) in [5, 5.41) is 6.86. The van der Waals surface area contributed by atoms with Crippen molar-refractivity contribution in [2.75, 3.05) is 47.5 Å². The molecule has 3 rings (SSSR count). The zero-order valence-electron chi connectivity index (χ0n) is 18.0. The SMILES string of the molecule is CCNC(=NCc1cc(OC)c(OC)c(OC)c1)NCC1CCN(C2CC2)C1.I. The van der Waals surface area contributed by atoms with E-state index in [4.69, 9.17) is 19.2 Å². The van der Waals surface area contributed by atoms with Crippen molar-refractivity contribution in [3.05, 3.63) is 17.7 Å². The van der Waals surface area contributed by atoms with Gasteiger partial charge in [-0.1, -0.05) is 0 Å². The van der Waals surface area contributed by atoms with Crippen molar-refractivity contribution >= 4 is 29.9 Å². The van der Waals surface area contributed by atoms with E-state index < -0.39 is 0 Å². The van der Waals surface area contributed by atoms with Gasteiger partial charge in [-0.3, -0.25) is 0 Å². The molecule has 1 heterocycles. The minimum absolute atomic E-state index is 0. The molecule has 1 aliphatic heterocycles. The quantitative estimate of drug-likeness (QED) is 0.298. The molecule has 2 fully saturated rings. The predicted octanol–water partition coefficient (Wildman–Crippen LogP) is 2.87. The maximum absolute atomic E-state index is 5.43. The summed E-state index contributed by atoms with van der Waals surface area (Å²) in [6.45, 7) is 6.87. The molecular formula is C21H35IN4O3. The molecule has 2 aliphatic rings. The summed E-state index contributed by atoms with van der Waals surface area (Å²) in [6.07, 6.45) is 4.05. The lowest BCUT2D eigenvalue weighted by Gasteiger charge is -2.17. The Morgan fingerprint density at radius 2 is 1.76 bits per heavy atom. The summed E-state index contributed by atoms with van der Waals surface area (Å²) < 4.78 is 16.3. The van der Waals surface area contributed by atoms with Crippen LogP contribution in [0, 0.1) is 5.92 Å². The molecule has 1 saturated heterocycles. The van der Waals surface area contributed by atoms with Gasteiger partial charge < -0.3 is 29.7 Å². The molecule has 0 aromatic heterocycles. The zero-order chi connectivity index (χ0) is 19.9. The maximum Gasteiger partial charge on any atom is 0.203 e. The highest BCUT2D eigenvalue weighted by molar-refractivity contribution is 14.0. The van der Waals surface area contributed by atoms with E-state index >= 15 is 0 Å². The van der Waals surface area contributed by atoms with E-state index in [1.165, 1.54) is 32.4 Å². The number of likely N-dealkylation sites (tertiary alicyclic amines) is 1. The summed E-state index contributed by atoms with van der Waals surface area (Å²) in [5.74, 6) is 3.45. The first-order valence-electron chi connectivity index (χ1n) is 10.2. The molecule has 29 heavy (non-hydrogen) atoms. The lowest BCUT2D eigenvalue weighted by Crippen LogP contribution is -2.40. The number of hydrogen-bond acceptors (Lipinski definition) is 5. The monoisotopic (exact) mass is 518 g/mol. The summed E-state index contributed by atoms with van der Waals surface area (Å²) in [6, 6.07) is 4.75. The van der Waals surface area contributed by atoms with Crippen molar-refractivity contribution in [2.45, 2.75) is 38.8 Å². The fourth-order valence-corrected chi connectivity index (χ4v) is 3.78. The Morgan fingerprint density at radius 3 is 2.31 bits per heavy atom. The second kappa shape index (κ2) is 11.7. The van der Waals surface area contributed by atoms with Crippen LogP contribution < -0.4 is 24.8 Å². The summed E-state index contributed by atoms with van der Waals surface area (Å²) >= 11 is 0. The first-order valence-corrected chi connectivity index (χ1v) is 10.2. The number of halogens is 1. The van der Waals surface area contributed by atoms with Crippen LogP contribution in [0.4, 0.5) is 0 Å². The number of ether oxygens (including phenoxy) is 3. The van der Waals surface area contributed by atoms with Gasteiger partial charge >= 0.3 is 0 Å². The molecule has 0 amide bonds. The minimum atomic E-state index is 0. The highest BCUT2D eigenvalue weighted by Crippen LogP contribution is 2.38. The Balaban J connectivity index is 0.00000300. The summed E-state index contributed by atoms with van der Waals surface area (Å²) in [4.78, 5) is 7.39. The van der Waals surface area contributed by atoms with Crippen LogP contribution in [0.5, 0.6) is 17.2 Å². The second-order valence-corrected chi connectivity index (χ2v) is 7.49. The van der Waals surface area contributed by atoms with E-state index in [0.717, 1.165) is 30.7 Å². The topological polar surface area (TPSA) is 67.4 Å². The standard InChI is InChI=1S/C21H34N4O3.HI/c1-5-22-21(23-12-15-8-9-25(14-15)17-6-7-17)24-13-16-10-18(26-2)20(28-4)19(11-16)27-3;/h10-11,15,17H,5-9,12-14H2,1-4H3,(H2,22,23,24);1H. The van der Waals surface area contributed by atoms with Gasteiger partial charge in [0.2, 0.25) is 5.75 Å². The maximum atomic E-state index is 5.43. The van der Waals surface area contributed by atoms with Crippen LogP contribution in [0.3, 0.4) is 0 Å². The molecule has 8 heteroatoms. The Morgan fingerprint density at radius 1 is 1.07 bits per heavy atom. The van der Waals surface area contributed by atoms with Crippen LogP contribution in [-0.2, 0) is 6.54 Å². The van der Waals surface area contributed by atoms with Crippen molar-refractivity contribution in [3.8, 4) is 17.2 Å². The van der Waals surface area contributed by atoms with Crippen molar-refractivity contribution in [1.29, 1.82) is 0 Å². The van der Waals surface area contributed by atoms with Gasteiger partial charge in [0.15, 0.2) is 17.5 Å². The molecule has 1 unspecified atom stereocenters. The smallest absolute Gasteiger partial charge is 0.203 e. The Kier molecular flexibility index (Phi) is 9.61. The van der Waals surface area contributed by atoms with Gasteiger partial charge in [0.25, 0.3) is 0 Å². The highest BCUT2D eigenvalue weighted by Gasteiger charge is 2.34. The van der Waals surface area contributed by atoms with E-state index in [0.29, 0.717) is 29.7 Å². The molecule has 7 nitrogen and oxygen atoms in total. The van der Waals surface area contributed by atoms with Crippen LogP contribution in [0.25, 0.3) is 0 Å². The normalized spacial score (nSPS) is 19.4. The number of hydrogen-bond donors (Lipinski definition) is 2. The third kappa shape index (κ3) is 6.53. The van der Waals surface area contributed by atoms with Gasteiger partial charge in [0.1, 0.15) is 0 Å². The highest BCUT2D eigenvalue weighted by atomic mass is 127. The third-order valence-electron chi connectivity index (χ3n) is 5.43. The third-order valence-corrected chi connectivity index (χ3v) is 5.43. The molecule has 1 aliphatic carbocycles. The van der Waals surface area contributed by atoms with Crippen LogP contribution in [0.15, 0.2) is 17.1 Å². The van der Waals surface area contributed by atoms with Crippen molar-refractivity contribution in [2.24, 2.45) is 10.9 Å². The Hall–Kier alpha value is -1.42. The largest absolute Gasteiger partial charge is 0.493 e. The zero-order valence-corrected chi connectivity index (χ0v) is 20.3. The van der Waals surface area contributed by atoms with E-state index in [2.05, 4.69) is 22.5 Å². The average molecular weight is 518 g/mol. The van der Waals surface area contributed by atoms with Gasteiger partial charge in [-0.15, -0.1) is 24.0 Å². The Labute approximate surface area is 191 Å². The molecular weight excluding hydrogens is 483 g/mol. The van der Waals surface area contributed by atoms with Gasteiger partial charge in [-0.2, -0.15) is 0 Å². The van der Waals surface area contributed by atoms with Crippen LogP contribution in [0.1, 0.15) is 31.7 Å². The van der Waals surface area contributed by atoms with E-state index in [1.807, 2.05) is 12.1 Å².